The Morgan fingerprint density at radius 3 is 2.41 bits per heavy atom. The summed E-state index contributed by atoms with van der Waals surface area (Å²) < 4.78 is 0. The van der Waals surface area contributed by atoms with E-state index in [0.29, 0.717) is 6.04 Å². The molecule has 1 nitrogen and oxygen atoms in total. The minimum atomic E-state index is 0.0592. The van der Waals surface area contributed by atoms with Crippen LogP contribution in [0.15, 0.2) is 49.1 Å². The standard InChI is InChI=1S/C21H29N/c1-18(2)22(16-12-8-11-15-21(4,5)6)17-19(3)20-13-9-7-10-14-20/h7-10,12-14,18H,3,16-17H2,1-2,4-6H3/b12-8+. The van der Waals surface area contributed by atoms with Crippen LogP contribution in [0.1, 0.15) is 40.2 Å². The minimum absolute atomic E-state index is 0.0592. The maximum atomic E-state index is 4.23. The normalized spacial score (nSPS) is 11.8. The molecular weight excluding hydrogens is 266 g/mol. The lowest BCUT2D eigenvalue weighted by molar-refractivity contribution is 0.277. The highest BCUT2D eigenvalue weighted by molar-refractivity contribution is 5.64. The predicted molar refractivity (Wildman–Crippen MR) is 98.6 cm³/mol. The predicted octanol–water partition coefficient (Wildman–Crippen LogP) is 5.02. The van der Waals surface area contributed by atoms with Gasteiger partial charge < -0.3 is 0 Å². The summed E-state index contributed by atoms with van der Waals surface area (Å²) in [5, 5.41) is 0. The van der Waals surface area contributed by atoms with Crippen molar-refractivity contribution in [1.29, 1.82) is 0 Å². The maximum absolute atomic E-state index is 4.23. The smallest absolute Gasteiger partial charge is 0.0239 e. The van der Waals surface area contributed by atoms with Gasteiger partial charge in [0.15, 0.2) is 0 Å². The van der Waals surface area contributed by atoms with Crippen molar-refractivity contribution in [3.05, 3.63) is 54.6 Å². The Morgan fingerprint density at radius 2 is 1.86 bits per heavy atom. The highest BCUT2D eigenvalue weighted by atomic mass is 15.1. The minimum Gasteiger partial charge on any atom is -0.293 e. The van der Waals surface area contributed by atoms with Crippen molar-refractivity contribution < 1.29 is 0 Å². The first-order chi connectivity index (χ1) is 10.3. The fraction of sp³-hybridized carbons (Fsp3) is 0.429. The van der Waals surface area contributed by atoms with Gasteiger partial charge in [-0.15, -0.1) is 0 Å². The third-order valence-corrected chi connectivity index (χ3v) is 3.29. The van der Waals surface area contributed by atoms with Gasteiger partial charge >= 0.3 is 0 Å². The van der Waals surface area contributed by atoms with E-state index in [9.17, 15) is 0 Å². The van der Waals surface area contributed by atoms with Crippen molar-refractivity contribution in [2.45, 2.75) is 40.7 Å². The van der Waals surface area contributed by atoms with Crippen LogP contribution < -0.4 is 0 Å². The van der Waals surface area contributed by atoms with E-state index in [0.717, 1.165) is 18.7 Å². The second-order valence-corrected chi connectivity index (χ2v) is 6.91. The number of hydrogen-bond acceptors (Lipinski definition) is 1. The molecule has 0 aliphatic carbocycles. The average molecular weight is 295 g/mol. The van der Waals surface area contributed by atoms with Gasteiger partial charge in [0.05, 0.1) is 0 Å². The Morgan fingerprint density at radius 1 is 1.23 bits per heavy atom. The third kappa shape index (κ3) is 7.29. The average Bonchev–Trinajstić information content (AvgIpc) is 2.45. The molecule has 1 rings (SSSR count). The summed E-state index contributed by atoms with van der Waals surface area (Å²) in [7, 11) is 0. The molecule has 0 saturated carbocycles. The molecule has 0 unspecified atom stereocenters. The summed E-state index contributed by atoms with van der Waals surface area (Å²) in [5.41, 5.74) is 2.43. The van der Waals surface area contributed by atoms with Crippen molar-refractivity contribution in [2.75, 3.05) is 13.1 Å². The van der Waals surface area contributed by atoms with Gasteiger partial charge in [0.1, 0.15) is 0 Å². The van der Waals surface area contributed by atoms with Crippen LogP contribution in [-0.2, 0) is 0 Å². The quantitative estimate of drug-likeness (QED) is 0.666. The molecular formula is C21H29N. The van der Waals surface area contributed by atoms with Crippen molar-refractivity contribution in [1.82, 2.24) is 4.90 Å². The molecule has 1 aromatic rings. The Balaban J connectivity index is 2.61. The molecule has 0 bridgehead atoms. The van der Waals surface area contributed by atoms with Crippen LogP contribution in [0.4, 0.5) is 0 Å². The van der Waals surface area contributed by atoms with Crippen LogP contribution in [0.5, 0.6) is 0 Å². The molecule has 0 aliphatic heterocycles. The molecule has 0 fully saturated rings. The summed E-state index contributed by atoms with van der Waals surface area (Å²) in [5.74, 6) is 6.34. The van der Waals surface area contributed by atoms with Crippen LogP contribution in [0.25, 0.3) is 5.57 Å². The highest BCUT2D eigenvalue weighted by Crippen LogP contribution is 2.14. The van der Waals surface area contributed by atoms with E-state index in [4.69, 9.17) is 0 Å². The van der Waals surface area contributed by atoms with Crippen LogP contribution in [-0.4, -0.2) is 24.0 Å². The van der Waals surface area contributed by atoms with Crippen LogP contribution >= 0.6 is 0 Å². The Labute approximate surface area is 136 Å². The summed E-state index contributed by atoms with van der Waals surface area (Å²) in [4.78, 5) is 2.39. The summed E-state index contributed by atoms with van der Waals surface area (Å²) in [6, 6.07) is 10.9. The monoisotopic (exact) mass is 295 g/mol. The molecule has 0 atom stereocenters. The highest BCUT2D eigenvalue weighted by Gasteiger charge is 2.10. The van der Waals surface area contributed by atoms with Gasteiger partial charge in [-0.2, -0.15) is 0 Å². The lowest BCUT2D eigenvalue weighted by Gasteiger charge is -2.26. The molecule has 0 radical (unpaired) electrons. The summed E-state index contributed by atoms with van der Waals surface area (Å²) in [6.07, 6.45) is 4.10. The molecule has 1 heteroatoms. The second kappa shape index (κ2) is 8.61. The lowest BCUT2D eigenvalue weighted by atomic mass is 9.98. The topological polar surface area (TPSA) is 3.24 Å². The first-order valence-electron chi connectivity index (χ1n) is 7.94. The maximum Gasteiger partial charge on any atom is 0.0239 e. The first kappa shape index (κ1) is 18.3. The van der Waals surface area contributed by atoms with E-state index in [1.54, 1.807) is 0 Å². The fourth-order valence-electron chi connectivity index (χ4n) is 1.97. The number of allylic oxidation sites excluding steroid dienone is 1. The molecule has 0 amide bonds. The molecule has 0 aliphatic rings. The fourth-order valence-corrected chi connectivity index (χ4v) is 1.97. The largest absolute Gasteiger partial charge is 0.293 e. The second-order valence-electron chi connectivity index (χ2n) is 6.91. The molecule has 22 heavy (non-hydrogen) atoms. The third-order valence-electron chi connectivity index (χ3n) is 3.29. The zero-order chi connectivity index (χ0) is 16.6. The van der Waals surface area contributed by atoms with Gasteiger partial charge in [-0.05, 0) is 51.8 Å². The van der Waals surface area contributed by atoms with Crippen LogP contribution in [0.3, 0.4) is 0 Å². The molecule has 118 valence electrons. The van der Waals surface area contributed by atoms with Gasteiger partial charge in [-0.1, -0.05) is 54.8 Å². The first-order valence-corrected chi connectivity index (χ1v) is 7.94. The van der Waals surface area contributed by atoms with Gasteiger partial charge in [0, 0.05) is 24.5 Å². The van der Waals surface area contributed by atoms with Crippen molar-refractivity contribution >= 4 is 5.57 Å². The molecule has 1 aromatic carbocycles. The summed E-state index contributed by atoms with van der Waals surface area (Å²) in [6.45, 7) is 16.8. The van der Waals surface area contributed by atoms with Crippen molar-refractivity contribution in [3.63, 3.8) is 0 Å². The zero-order valence-corrected chi connectivity index (χ0v) is 14.7. The molecule has 0 saturated heterocycles. The van der Waals surface area contributed by atoms with E-state index in [1.807, 2.05) is 12.1 Å². The Kier molecular flexibility index (Phi) is 7.15. The zero-order valence-electron chi connectivity index (χ0n) is 14.7. The molecule has 0 spiro atoms. The molecule has 0 aromatic heterocycles. The van der Waals surface area contributed by atoms with Gasteiger partial charge in [-0.3, -0.25) is 4.90 Å². The van der Waals surface area contributed by atoms with Gasteiger partial charge in [0.25, 0.3) is 0 Å². The number of rotatable bonds is 6. The number of nitrogens with zero attached hydrogens (tertiary/aromatic N) is 1. The Hall–Kier alpha value is -1.78. The van der Waals surface area contributed by atoms with Gasteiger partial charge in [-0.25, -0.2) is 0 Å². The number of benzene rings is 1. The van der Waals surface area contributed by atoms with E-state index in [-0.39, 0.29) is 5.41 Å². The molecule has 0 N–H and O–H groups in total. The SMILES string of the molecule is C=C(CN(C/C=C/C#CC(C)(C)C)C(C)C)c1ccccc1. The number of hydrogen-bond donors (Lipinski definition) is 0. The molecule has 0 heterocycles. The van der Waals surface area contributed by atoms with E-state index in [1.165, 1.54) is 5.56 Å². The van der Waals surface area contributed by atoms with E-state index in [2.05, 4.69) is 88.3 Å². The Bertz CT molecular complexity index is 547. The lowest BCUT2D eigenvalue weighted by Crippen LogP contribution is -2.32. The van der Waals surface area contributed by atoms with Gasteiger partial charge in [0.2, 0.25) is 0 Å². The van der Waals surface area contributed by atoms with Crippen LogP contribution in [0, 0.1) is 17.3 Å². The van der Waals surface area contributed by atoms with Crippen molar-refractivity contribution in [3.8, 4) is 11.8 Å². The van der Waals surface area contributed by atoms with Crippen molar-refractivity contribution in [2.24, 2.45) is 5.41 Å². The summed E-state index contributed by atoms with van der Waals surface area (Å²) >= 11 is 0. The van der Waals surface area contributed by atoms with Crippen LogP contribution in [0.2, 0.25) is 0 Å². The van der Waals surface area contributed by atoms with E-state index < -0.39 is 0 Å². The van der Waals surface area contributed by atoms with E-state index >= 15 is 0 Å².